The maximum absolute atomic E-state index is 14.1. The lowest BCUT2D eigenvalue weighted by atomic mass is 9.99. The summed E-state index contributed by atoms with van der Waals surface area (Å²) in [5.74, 6) is -10.6. The number of rotatable bonds is 10. The first kappa shape index (κ1) is 21.2. The number of benzene rings is 1. The van der Waals surface area contributed by atoms with Crippen molar-refractivity contribution in [3.05, 3.63) is 29.8 Å². The monoisotopic (exact) mass is 367 g/mol. The Kier molecular flexibility index (Phi) is 7.62. The third-order valence-corrected chi connectivity index (χ3v) is 3.47. The fourth-order valence-corrected chi connectivity index (χ4v) is 2.21. The van der Waals surface area contributed by atoms with Crippen molar-refractivity contribution in [2.45, 2.75) is 25.2 Å². The van der Waals surface area contributed by atoms with Crippen LogP contribution in [0.3, 0.4) is 0 Å². The summed E-state index contributed by atoms with van der Waals surface area (Å²) in [4.78, 5) is 12.6. The van der Waals surface area contributed by atoms with Crippen LogP contribution in [-0.2, 0) is 15.5 Å². The molecule has 2 N–H and O–H groups in total. The van der Waals surface area contributed by atoms with Crippen LogP contribution in [0.4, 0.5) is 23.2 Å². The SMILES string of the molecule is CCOC(=O)CC(F)(F)C(F)(F)c1ccc(N(CCO)CCO)cc1. The molecule has 142 valence electrons. The molecule has 0 aromatic heterocycles. The van der Waals surface area contributed by atoms with Crippen molar-refractivity contribution in [1.82, 2.24) is 0 Å². The molecule has 0 aliphatic heterocycles. The summed E-state index contributed by atoms with van der Waals surface area (Å²) < 4.78 is 60.2. The Labute approximate surface area is 142 Å². The minimum absolute atomic E-state index is 0.148. The van der Waals surface area contributed by atoms with Gasteiger partial charge in [-0.25, -0.2) is 0 Å². The highest BCUT2D eigenvalue weighted by molar-refractivity contribution is 5.70. The second-order valence-corrected chi connectivity index (χ2v) is 5.24. The molecule has 0 saturated carbocycles. The lowest BCUT2D eigenvalue weighted by Crippen LogP contribution is -2.40. The first-order valence-electron chi connectivity index (χ1n) is 7.68. The number of aliphatic hydroxyl groups excluding tert-OH is 2. The van der Waals surface area contributed by atoms with Crippen molar-refractivity contribution in [2.75, 3.05) is 37.8 Å². The summed E-state index contributed by atoms with van der Waals surface area (Å²) >= 11 is 0. The van der Waals surface area contributed by atoms with Gasteiger partial charge >= 0.3 is 17.8 Å². The zero-order valence-electron chi connectivity index (χ0n) is 13.7. The minimum atomic E-state index is -4.60. The van der Waals surface area contributed by atoms with E-state index in [2.05, 4.69) is 4.74 Å². The largest absolute Gasteiger partial charge is 0.466 e. The minimum Gasteiger partial charge on any atom is -0.466 e. The Morgan fingerprint density at radius 3 is 2.04 bits per heavy atom. The van der Waals surface area contributed by atoms with E-state index in [1.807, 2.05) is 0 Å². The van der Waals surface area contributed by atoms with Gasteiger partial charge < -0.3 is 19.8 Å². The lowest BCUT2D eigenvalue weighted by molar-refractivity contribution is -0.223. The third kappa shape index (κ3) is 5.30. The third-order valence-electron chi connectivity index (χ3n) is 3.47. The van der Waals surface area contributed by atoms with E-state index in [-0.39, 0.29) is 32.9 Å². The van der Waals surface area contributed by atoms with E-state index in [1.165, 1.54) is 24.0 Å². The number of halogens is 4. The van der Waals surface area contributed by atoms with Crippen LogP contribution in [0.1, 0.15) is 18.9 Å². The highest BCUT2D eigenvalue weighted by Crippen LogP contribution is 2.45. The van der Waals surface area contributed by atoms with Gasteiger partial charge in [-0.2, -0.15) is 17.6 Å². The number of esters is 1. The van der Waals surface area contributed by atoms with Crippen molar-refractivity contribution in [3.63, 3.8) is 0 Å². The van der Waals surface area contributed by atoms with Gasteiger partial charge in [0.2, 0.25) is 0 Å². The Balaban J connectivity index is 2.99. The number of carbonyl (C=O) groups excluding carboxylic acids is 1. The van der Waals surface area contributed by atoms with E-state index < -0.39 is 29.8 Å². The molecule has 0 spiro atoms. The molecule has 0 atom stereocenters. The summed E-state index contributed by atoms with van der Waals surface area (Å²) in [6, 6.07) is 4.04. The van der Waals surface area contributed by atoms with Gasteiger partial charge in [0, 0.05) is 24.3 Å². The molecule has 0 unspecified atom stereocenters. The molecule has 1 rings (SSSR count). The standard InChI is InChI=1S/C16H21F4NO4/c1-2-25-14(24)11-15(17,18)16(19,20)12-3-5-13(6-4-12)21(7-9-22)8-10-23/h3-6,22-23H,2,7-11H2,1H3. The van der Waals surface area contributed by atoms with Crippen molar-refractivity contribution in [2.24, 2.45) is 0 Å². The maximum Gasteiger partial charge on any atom is 0.335 e. The zero-order chi connectivity index (χ0) is 19.1. The maximum atomic E-state index is 14.1. The zero-order valence-corrected chi connectivity index (χ0v) is 13.7. The van der Waals surface area contributed by atoms with Gasteiger partial charge in [-0.1, -0.05) is 12.1 Å². The molecular formula is C16H21F4NO4. The fourth-order valence-electron chi connectivity index (χ4n) is 2.21. The molecule has 0 amide bonds. The van der Waals surface area contributed by atoms with Crippen LogP contribution in [0, 0.1) is 0 Å². The summed E-state index contributed by atoms with van der Waals surface area (Å²) in [5.41, 5.74) is -0.560. The van der Waals surface area contributed by atoms with Crippen LogP contribution in [-0.4, -0.2) is 55.0 Å². The fraction of sp³-hybridized carbons (Fsp3) is 0.562. The van der Waals surface area contributed by atoms with Gasteiger partial charge in [0.05, 0.1) is 19.8 Å². The number of aliphatic hydroxyl groups is 2. The summed E-state index contributed by atoms with van der Waals surface area (Å²) in [7, 11) is 0. The molecule has 0 aliphatic rings. The van der Waals surface area contributed by atoms with Gasteiger partial charge in [-0.05, 0) is 19.1 Å². The van der Waals surface area contributed by atoms with Gasteiger partial charge in [-0.15, -0.1) is 0 Å². The normalized spacial score (nSPS) is 12.1. The van der Waals surface area contributed by atoms with E-state index in [0.717, 1.165) is 12.1 Å². The molecule has 25 heavy (non-hydrogen) atoms. The van der Waals surface area contributed by atoms with E-state index in [4.69, 9.17) is 10.2 Å². The second kappa shape index (κ2) is 9.00. The predicted octanol–water partition coefficient (Wildman–Crippen LogP) is 2.16. The Morgan fingerprint density at radius 2 is 1.60 bits per heavy atom. The van der Waals surface area contributed by atoms with Crippen LogP contribution < -0.4 is 4.90 Å². The number of hydrogen-bond donors (Lipinski definition) is 2. The van der Waals surface area contributed by atoms with Crippen molar-refractivity contribution in [1.29, 1.82) is 0 Å². The molecule has 0 radical (unpaired) electrons. The molecule has 5 nitrogen and oxygen atoms in total. The lowest BCUT2D eigenvalue weighted by Gasteiger charge is -2.27. The van der Waals surface area contributed by atoms with E-state index >= 15 is 0 Å². The number of alkyl halides is 4. The molecule has 0 saturated heterocycles. The molecule has 0 fully saturated rings. The van der Waals surface area contributed by atoms with Crippen LogP contribution in [0.5, 0.6) is 0 Å². The smallest absolute Gasteiger partial charge is 0.335 e. The van der Waals surface area contributed by atoms with Crippen LogP contribution in [0.25, 0.3) is 0 Å². The van der Waals surface area contributed by atoms with E-state index in [1.54, 1.807) is 0 Å². The summed E-state index contributed by atoms with van der Waals surface area (Å²) in [6.07, 6.45) is -1.73. The van der Waals surface area contributed by atoms with Crippen molar-refractivity contribution >= 4 is 11.7 Å². The predicted molar refractivity (Wildman–Crippen MR) is 82.9 cm³/mol. The molecule has 0 bridgehead atoms. The number of hydrogen-bond acceptors (Lipinski definition) is 5. The Morgan fingerprint density at radius 1 is 1.08 bits per heavy atom. The average molecular weight is 367 g/mol. The van der Waals surface area contributed by atoms with E-state index in [9.17, 15) is 22.4 Å². The number of ether oxygens (including phenoxy) is 1. The van der Waals surface area contributed by atoms with Crippen LogP contribution in [0.15, 0.2) is 24.3 Å². The molecule has 1 aromatic rings. The van der Waals surface area contributed by atoms with Crippen molar-refractivity contribution < 1.29 is 37.3 Å². The highest BCUT2D eigenvalue weighted by Gasteiger charge is 2.58. The molecule has 0 heterocycles. The number of carbonyl (C=O) groups is 1. The van der Waals surface area contributed by atoms with Crippen LogP contribution in [0.2, 0.25) is 0 Å². The summed E-state index contributed by atoms with van der Waals surface area (Å²) in [5, 5.41) is 17.9. The second-order valence-electron chi connectivity index (χ2n) is 5.24. The highest BCUT2D eigenvalue weighted by atomic mass is 19.3. The Hall–Kier alpha value is -1.87. The Bertz CT molecular complexity index is 546. The number of anilines is 1. The van der Waals surface area contributed by atoms with Crippen molar-refractivity contribution in [3.8, 4) is 0 Å². The summed E-state index contributed by atoms with van der Waals surface area (Å²) in [6.45, 7) is 1.05. The molecule has 9 heteroatoms. The quantitative estimate of drug-likeness (QED) is 0.490. The first-order valence-corrected chi connectivity index (χ1v) is 7.68. The molecule has 0 aliphatic carbocycles. The van der Waals surface area contributed by atoms with Gasteiger partial charge in [0.1, 0.15) is 6.42 Å². The first-order chi connectivity index (χ1) is 11.7. The van der Waals surface area contributed by atoms with E-state index in [0.29, 0.717) is 5.69 Å². The number of nitrogens with zero attached hydrogens (tertiary/aromatic N) is 1. The van der Waals surface area contributed by atoms with Crippen LogP contribution >= 0.6 is 0 Å². The van der Waals surface area contributed by atoms with Gasteiger partial charge in [0.15, 0.2) is 0 Å². The van der Waals surface area contributed by atoms with Gasteiger partial charge in [0.25, 0.3) is 0 Å². The molecule has 1 aromatic carbocycles. The molecular weight excluding hydrogens is 346 g/mol. The van der Waals surface area contributed by atoms with Gasteiger partial charge in [-0.3, -0.25) is 4.79 Å². The average Bonchev–Trinajstić information content (AvgIpc) is 2.54. The topological polar surface area (TPSA) is 70.0 Å².